The number of hydrogen-bond acceptors (Lipinski definition) is 6. The number of ether oxygens (including phenoxy) is 1. The van der Waals surface area contributed by atoms with Crippen molar-refractivity contribution in [1.82, 2.24) is 5.32 Å². The van der Waals surface area contributed by atoms with E-state index in [0.29, 0.717) is 16.4 Å². The molecule has 0 fully saturated rings. The van der Waals surface area contributed by atoms with Gasteiger partial charge in [-0.25, -0.2) is 9.79 Å². The second-order valence-electron chi connectivity index (χ2n) is 7.43. The highest BCUT2D eigenvalue weighted by Crippen LogP contribution is 2.34. The normalized spacial score (nSPS) is 15.7. The average molecular weight is 516 g/mol. The fourth-order valence-electron chi connectivity index (χ4n) is 3.30. The minimum Gasteiger partial charge on any atom is -0.463 e. The number of thioether (sulfide) groups is 1. The van der Waals surface area contributed by atoms with Crippen LogP contribution in [-0.2, 0) is 14.3 Å². The lowest BCUT2D eigenvalue weighted by atomic mass is 9.97. The second-order valence-corrected chi connectivity index (χ2v) is 9.31. The predicted molar refractivity (Wildman–Crippen MR) is 134 cm³/mol. The molecule has 1 amide bonds. The Labute approximate surface area is 201 Å². The van der Waals surface area contributed by atoms with Crippen LogP contribution in [0, 0.1) is 13.8 Å². The van der Waals surface area contributed by atoms with Gasteiger partial charge in [0.15, 0.2) is 5.17 Å². The van der Waals surface area contributed by atoms with Crippen molar-refractivity contribution in [3.63, 3.8) is 0 Å². The Morgan fingerprint density at radius 3 is 2.69 bits per heavy atom. The number of hydrogen-bond donors (Lipinski definition) is 2. The van der Waals surface area contributed by atoms with Crippen LogP contribution in [0.4, 0.5) is 5.69 Å². The monoisotopic (exact) mass is 515 g/mol. The summed E-state index contributed by atoms with van der Waals surface area (Å²) in [6.07, 6.45) is 0. The maximum Gasteiger partial charge on any atom is 0.338 e. The first kappa shape index (κ1) is 24.1. The standard InChI is InChI=1S/C24H26BrN3O3S/c1-5-31-23(30)21-16(4)26-24(28-22(21)17-7-6-8-18(25)12-17)32-13-20(29)27-19-11-14(2)9-10-15(19)3/h6-12,22H,5,13H2,1-4H3,(H,26,28)(H,27,29)/t22-/m0/s1. The van der Waals surface area contributed by atoms with Gasteiger partial charge in [-0.1, -0.05) is 52.0 Å². The summed E-state index contributed by atoms with van der Waals surface area (Å²) in [7, 11) is 0. The molecule has 2 N–H and O–H groups in total. The molecule has 0 unspecified atom stereocenters. The number of rotatable bonds is 6. The van der Waals surface area contributed by atoms with E-state index in [1.54, 1.807) is 6.92 Å². The van der Waals surface area contributed by atoms with Gasteiger partial charge in [0.05, 0.1) is 17.9 Å². The van der Waals surface area contributed by atoms with Gasteiger partial charge in [0.1, 0.15) is 6.04 Å². The Morgan fingerprint density at radius 2 is 1.97 bits per heavy atom. The van der Waals surface area contributed by atoms with E-state index in [1.807, 2.05) is 63.2 Å². The molecule has 32 heavy (non-hydrogen) atoms. The fourth-order valence-corrected chi connectivity index (χ4v) is 4.46. The van der Waals surface area contributed by atoms with Crippen molar-refractivity contribution in [3.8, 4) is 0 Å². The van der Waals surface area contributed by atoms with E-state index in [1.165, 1.54) is 11.8 Å². The Hall–Kier alpha value is -2.58. The van der Waals surface area contributed by atoms with Gasteiger partial charge in [0.2, 0.25) is 5.91 Å². The highest BCUT2D eigenvalue weighted by molar-refractivity contribution is 9.10. The highest BCUT2D eigenvalue weighted by atomic mass is 79.9. The lowest BCUT2D eigenvalue weighted by molar-refractivity contribution is -0.139. The summed E-state index contributed by atoms with van der Waals surface area (Å²) in [6.45, 7) is 7.83. The lowest BCUT2D eigenvalue weighted by Crippen LogP contribution is -2.31. The van der Waals surface area contributed by atoms with E-state index in [0.717, 1.165) is 26.9 Å². The molecular formula is C24H26BrN3O3S. The van der Waals surface area contributed by atoms with Crippen molar-refractivity contribution >= 4 is 50.4 Å². The number of esters is 1. The number of nitrogens with zero attached hydrogens (tertiary/aromatic N) is 1. The molecule has 1 aliphatic rings. The lowest BCUT2D eigenvalue weighted by Gasteiger charge is -2.26. The number of benzene rings is 2. The number of aryl methyl sites for hydroxylation is 2. The van der Waals surface area contributed by atoms with Gasteiger partial charge in [-0.05, 0) is 62.6 Å². The summed E-state index contributed by atoms with van der Waals surface area (Å²) in [6, 6.07) is 13.1. The Kier molecular flexibility index (Phi) is 8.15. The molecule has 0 spiro atoms. The summed E-state index contributed by atoms with van der Waals surface area (Å²) in [4.78, 5) is 29.9. The average Bonchev–Trinajstić information content (AvgIpc) is 2.74. The van der Waals surface area contributed by atoms with E-state index < -0.39 is 12.0 Å². The second kappa shape index (κ2) is 10.8. The van der Waals surface area contributed by atoms with Gasteiger partial charge in [-0.2, -0.15) is 0 Å². The van der Waals surface area contributed by atoms with Gasteiger partial charge >= 0.3 is 5.97 Å². The maximum atomic E-state index is 12.6. The molecule has 6 nitrogen and oxygen atoms in total. The third-order valence-electron chi connectivity index (χ3n) is 4.89. The fraction of sp³-hybridized carbons (Fsp3) is 0.292. The van der Waals surface area contributed by atoms with Crippen LogP contribution in [0.25, 0.3) is 0 Å². The van der Waals surface area contributed by atoms with Crippen LogP contribution >= 0.6 is 27.7 Å². The van der Waals surface area contributed by atoms with Crippen LogP contribution < -0.4 is 10.6 Å². The number of nitrogens with one attached hydrogen (secondary N) is 2. The van der Waals surface area contributed by atoms with Crippen LogP contribution in [0.5, 0.6) is 0 Å². The highest BCUT2D eigenvalue weighted by Gasteiger charge is 2.30. The molecule has 2 aromatic rings. The van der Waals surface area contributed by atoms with Crippen LogP contribution in [0.15, 0.2) is 63.2 Å². The molecule has 0 aliphatic carbocycles. The van der Waals surface area contributed by atoms with Gasteiger partial charge in [-0.15, -0.1) is 0 Å². The Bertz CT molecular complexity index is 1100. The van der Waals surface area contributed by atoms with Crippen molar-refractivity contribution in [2.75, 3.05) is 17.7 Å². The zero-order valence-corrected chi connectivity index (χ0v) is 20.9. The SMILES string of the molecule is CCOC(=O)C1=C(C)NC(SCC(=O)Nc2cc(C)ccc2C)=N[C@H]1c1cccc(Br)c1. The predicted octanol–water partition coefficient (Wildman–Crippen LogP) is 5.28. The molecule has 0 radical (unpaired) electrons. The Morgan fingerprint density at radius 1 is 1.19 bits per heavy atom. The number of allylic oxidation sites excluding steroid dienone is 1. The van der Waals surface area contributed by atoms with Crippen LogP contribution in [-0.4, -0.2) is 29.4 Å². The third kappa shape index (κ3) is 6.01. The van der Waals surface area contributed by atoms with Gasteiger partial charge in [-0.3, -0.25) is 4.79 Å². The number of carbonyl (C=O) groups excluding carboxylic acids is 2. The third-order valence-corrected chi connectivity index (χ3v) is 6.27. The number of halogens is 1. The van der Waals surface area contributed by atoms with Crippen LogP contribution in [0.2, 0.25) is 0 Å². The first-order chi connectivity index (χ1) is 15.3. The van der Waals surface area contributed by atoms with Crippen molar-refractivity contribution in [3.05, 3.63) is 74.9 Å². The first-order valence-corrected chi connectivity index (χ1v) is 12.0. The van der Waals surface area contributed by atoms with E-state index in [-0.39, 0.29) is 18.3 Å². The van der Waals surface area contributed by atoms with E-state index in [4.69, 9.17) is 9.73 Å². The summed E-state index contributed by atoms with van der Waals surface area (Å²) < 4.78 is 6.16. The molecule has 1 heterocycles. The molecular weight excluding hydrogens is 490 g/mol. The summed E-state index contributed by atoms with van der Waals surface area (Å²) in [5, 5.41) is 6.70. The Balaban J connectivity index is 1.78. The molecule has 0 saturated heterocycles. The molecule has 3 rings (SSSR count). The topological polar surface area (TPSA) is 79.8 Å². The largest absolute Gasteiger partial charge is 0.463 e. The molecule has 8 heteroatoms. The van der Waals surface area contributed by atoms with Crippen molar-refractivity contribution in [2.24, 2.45) is 4.99 Å². The van der Waals surface area contributed by atoms with Crippen LogP contribution in [0.1, 0.15) is 36.6 Å². The summed E-state index contributed by atoms with van der Waals surface area (Å²) in [5.41, 5.74) is 4.90. The first-order valence-electron chi connectivity index (χ1n) is 10.3. The molecule has 0 aromatic heterocycles. The van der Waals surface area contributed by atoms with Crippen LogP contribution in [0.3, 0.4) is 0 Å². The molecule has 0 bridgehead atoms. The van der Waals surface area contributed by atoms with Gasteiger partial charge < -0.3 is 15.4 Å². The summed E-state index contributed by atoms with van der Waals surface area (Å²) >= 11 is 4.78. The molecule has 1 atom stereocenters. The number of anilines is 1. The molecule has 2 aromatic carbocycles. The maximum absolute atomic E-state index is 12.6. The quantitative estimate of drug-likeness (QED) is 0.511. The number of carbonyl (C=O) groups is 2. The molecule has 0 saturated carbocycles. The smallest absolute Gasteiger partial charge is 0.338 e. The number of aliphatic imine (C=N–C) groups is 1. The van der Waals surface area contributed by atoms with Gasteiger partial charge in [0.25, 0.3) is 0 Å². The van der Waals surface area contributed by atoms with Crippen molar-refractivity contribution in [1.29, 1.82) is 0 Å². The van der Waals surface area contributed by atoms with E-state index >= 15 is 0 Å². The number of amidine groups is 1. The van der Waals surface area contributed by atoms with E-state index in [9.17, 15) is 9.59 Å². The van der Waals surface area contributed by atoms with Crippen molar-refractivity contribution < 1.29 is 14.3 Å². The minimum atomic E-state index is -0.516. The van der Waals surface area contributed by atoms with E-state index in [2.05, 4.69) is 26.6 Å². The van der Waals surface area contributed by atoms with Gasteiger partial charge in [0, 0.05) is 15.9 Å². The minimum absolute atomic E-state index is 0.120. The molecule has 168 valence electrons. The zero-order chi connectivity index (χ0) is 23.3. The zero-order valence-electron chi connectivity index (χ0n) is 18.5. The molecule has 1 aliphatic heterocycles. The number of amides is 1. The summed E-state index contributed by atoms with van der Waals surface area (Å²) in [5.74, 6) is -0.333. The van der Waals surface area contributed by atoms with Crippen molar-refractivity contribution in [2.45, 2.75) is 33.7 Å².